The summed E-state index contributed by atoms with van der Waals surface area (Å²) >= 11 is 1.47. The zero-order valence-electron chi connectivity index (χ0n) is 14.0. The lowest BCUT2D eigenvalue weighted by Crippen LogP contribution is -2.29. The highest BCUT2D eigenvalue weighted by Crippen LogP contribution is 2.34. The molecule has 8 heteroatoms. The average Bonchev–Trinajstić information content (AvgIpc) is 3.36. The molecule has 2 aliphatic rings. The third kappa shape index (κ3) is 3.91. The normalized spacial score (nSPS) is 17.8. The molecule has 1 aromatic heterocycles. The first-order chi connectivity index (χ1) is 12.4. The Labute approximate surface area is 153 Å². The van der Waals surface area contributed by atoms with Crippen molar-refractivity contribution in [1.29, 1.82) is 0 Å². The molecule has 138 valence electrons. The Kier molecular flexibility index (Phi) is 4.48. The minimum Gasteiger partial charge on any atom is -0.302 e. The van der Waals surface area contributed by atoms with Gasteiger partial charge in [-0.05, 0) is 24.5 Å². The smallest absolute Gasteiger partial charge is 0.302 e. The summed E-state index contributed by atoms with van der Waals surface area (Å²) in [5.41, 5.74) is 1.02. The Morgan fingerprint density at radius 3 is 2.88 bits per heavy atom. The van der Waals surface area contributed by atoms with Crippen LogP contribution in [0.15, 0.2) is 24.3 Å². The van der Waals surface area contributed by atoms with Crippen molar-refractivity contribution < 1.29 is 18.0 Å². The SMILES string of the molecule is O=C(Nc1nc2c(s1)CN(Cc1cccc(C(F)(F)F)c1)CC2)C1CC1. The quantitative estimate of drug-likeness (QED) is 0.868. The highest BCUT2D eigenvalue weighted by Gasteiger charge is 2.32. The number of halogens is 3. The number of fused-ring (bicyclic) bond motifs is 1. The van der Waals surface area contributed by atoms with E-state index < -0.39 is 11.7 Å². The molecule has 0 bridgehead atoms. The average molecular weight is 381 g/mol. The van der Waals surface area contributed by atoms with Crippen molar-refractivity contribution in [2.75, 3.05) is 11.9 Å². The van der Waals surface area contributed by atoms with Crippen LogP contribution in [-0.4, -0.2) is 22.3 Å². The molecule has 1 N–H and O–H groups in total. The topological polar surface area (TPSA) is 45.2 Å². The molecule has 26 heavy (non-hydrogen) atoms. The first-order valence-corrected chi connectivity index (χ1v) is 9.38. The number of carbonyl (C=O) groups excluding carboxylic acids is 1. The second kappa shape index (κ2) is 6.66. The summed E-state index contributed by atoms with van der Waals surface area (Å²) in [7, 11) is 0. The van der Waals surface area contributed by atoms with Crippen LogP contribution in [0.2, 0.25) is 0 Å². The summed E-state index contributed by atoms with van der Waals surface area (Å²) in [6.07, 6.45) is -1.69. The number of nitrogens with one attached hydrogen (secondary N) is 1. The van der Waals surface area contributed by atoms with Gasteiger partial charge in [0.05, 0.1) is 11.3 Å². The summed E-state index contributed by atoms with van der Waals surface area (Å²) in [5.74, 6) is 0.172. The van der Waals surface area contributed by atoms with E-state index in [1.807, 2.05) is 0 Å². The Bertz CT molecular complexity index is 829. The fraction of sp³-hybridized carbons (Fsp3) is 0.444. The van der Waals surface area contributed by atoms with E-state index in [1.165, 1.54) is 23.5 Å². The third-order valence-corrected chi connectivity index (χ3v) is 5.65. The van der Waals surface area contributed by atoms with Crippen LogP contribution >= 0.6 is 11.3 Å². The van der Waals surface area contributed by atoms with Crippen LogP contribution in [0.25, 0.3) is 0 Å². The number of carbonyl (C=O) groups is 1. The molecule has 0 atom stereocenters. The standard InChI is InChI=1S/C18H18F3N3OS/c19-18(20,21)13-3-1-2-11(8-13)9-24-7-6-14-15(10-24)26-17(22-14)23-16(25)12-4-5-12/h1-3,8,12H,4-7,9-10H2,(H,22,23,25). The van der Waals surface area contributed by atoms with Crippen molar-refractivity contribution in [2.45, 2.75) is 38.5 Å². The molecule has 1 aromatic carbocycles. The van der Waals surface area contributed by atoms with E-state index >= 15 is 0 Å². The summed E-state index contributed by atoms with van der Waals surface area (Å²) < 4.78 is 38.6. The summed E-state index contributed by atoms with van der Waals surface area (Å²) in [6.45, 7) is 1.84. The Morgan fingerprint density at radius 2 is 2.15 bits per heavy atom. The molecule has 4 rings (SSSR count). The lowest BCUT2D eigenvalue weighted by molar-refractivity contribution is -0.137. The lowest BCUT2D eigenvalue weighted by Gasteiger charge is -2.26. The van der Waals surface area contributed by atoms with Gasteiger partial charge < -0.3 is 5.32 Å². The predicted molar refractivity (Wildman–Crippen MR) is 92.7 cm³/mol. The molecular weight excluding hydrogens is 363 g/mol. The molecule has 4 nitrogen and oxygen atoms in total. The number of hydrogen-bond acceptors (Lipinski definition) is 4. The summed E-state index contributed by atoms with van der Waals surface area (Å²) in [4.78, 5) is 19.6. The van der Waals surface area contributed by atoms with Gasteiger partial charge >= 0.3 is 6.18 Å². The number of hydrogen-bond donors (Lipinski definition) is 1. The van der Waals surface area contributed by atoms with Gasteiger partial charge in [-0.25, -0.2) is 4.98 Å². The number of thiazole rings is 1. The van der Waals surface area contributed by atoms with E-state index in [-0.39, 0.29) is 11.8 Å². The number of amides is 1. The molecule has 0 spiro atoms. The summed E-state index contributed by atoms with van der Waals surface area (Å²) in [5, 5.41) is 3.51. The fourth-order valence-corrected chi connectivity index (χ4v) is 4.15. The molecule has 1 aliphatic carbocycles. The lowest BCUT2D eigenvalue weighted by atomic mass is 10.1. The van der Waals surface area contributed by atoms with Gasteiger partial charge in [-0.3, -0.25) is 9.69 Å². The van der Waals surface area contributed by atoms with Crippen LogP contribution < -0.4 is 5.32 Å². The minimum absolute atomic E-state index is 0.0388. The van der Waals surface area contributed by atoms with Gasteiger partial charge in [-0.15, -0.1) is 11.3 Å². The minimum atomic E-state index is -4.32. The second-order valence-corrected chi connectivity index (χ2v) is 7.89. The van der Waals surface area contributed by atoms with Crippen LogP contribution in [0, 0.1) is 5.92 Å². The van der Waals surface area contributed by atoms with Crippen molar-refractivity contribution in [3.63, 3.8) is 0 Å². The maximum atomic E-state index is 12.9. The number of anilines is 1. The molecule has 2 heterocycles. The van der Waals surface area contributed by atoms with Crippen molar-refractivity contribution in [3.05, 3.63) is 46.0 Å². The monoisotopic (exact) mass is 381 g/mol. The molecule has 1 fully saturated rings. The largest absolute Gasteiger partial charge is 0.416 e. The van der Waals surface area contributed by atoms with Crippen LogP contribution in [0.4, 0.5) is 18.3 Å². The summed E-state index contributed by atoms with van der Waals surface area (Å²) in [6, 6.07) is 5.48. The van der Waals surface area contributed by atoms with E-state index in [9.17, 15) is 18.0 Å². The van der Waals surface area contributed by atoms with Crippen LogP contribution in [0.1, 0.15) is 34.5 Å². The number of aromatic nitrogens is 1. The molecule has 1 saturated carbocycles. The maximum absolute atomic E-state index is 12.9. The van der Waals surface area contributed by atoms with Crippen molar-refractivity contribution >= 4 is 22.4 Å². The number of rotatable bonds is 4. The first kappa shape index (κ1) is 17.5. The van der Waals surface area contributed by atoms with Gasteiger partial charge in [0, 0.05) is 36.9 Å². The van der Waals surface area contributed by atoms with E-state index in [2.05, 4.69) is 15.2 Å². The number of nitrogens with zero attached hydrogens (tertiary/aromatic N) is 2. The van der Waals surface area contributed by atoms with Gasteiger partial charge in [-0.1, -0.05) is 18.2 Å². The van der Waals surface area contributed by atoms with E-state index in [4.69, 9.17) is 0 Å². The molecule has 1 amide bonds. The highest BCUT2D eigenvalue weighted by atomic mass is 32.1. The van der Waals surface area contributed by atoms with Crippen LogP contribution in [0.3, 0.4) is 0 Å². The third-order valence-electron chi connectivity index (χ3n) is 4.65. The van der Waals surface area contributed by atoms with Gasteiger partial charge in [-0.2, -0.15) is 13.2 Å². The van der Waals surface area contributed by atoms with Gasteiger partial charge in [0.1, 0.15) is 0 Å². The van der Waals surface area contributed by atoms with E-state index in [1.54, 1.807) is 6.07 Å². The van der Waals surface area contributed by atoms with Crippen molar-refractivity contribution in [2.24, 2.45) is 5.92 Å². The predicted octanol–water partition coefficient (Wildman–Crippen LogP) is 4.07. The second-order valence-electron chi connectivity index (χ2n) is 6.81. The molecular formula is C18H18F3N3OS. The Morgan fingerprint density at radius 1 is 1.35 bits per heavy atom. The first-order valence-electron chi connectivity index (χ1n) is 8.56. The Balaban J connectivity index is 1.42. The molecule has 2 aromatic rings. The molecule has 0 radical (unpaired) electrons. The van der Waals surface area contributed by atoms with Crippen LogP contribution in [-0.2, 0) is 30.5 Å². The van der Waals surface area contributed by atoms with E-state index in [0.29, 0.717) is 23.8 Å². The number of alkyl halides is 3. The maximum Gasteiger partial charge on any atom is 0.416 e. The zero-order chi connectivity index (χ0) is 18.3. The molecule has 0 saturated heterocycles. The van der Waals surface area contributed by atoms with E-state index in [0.717, 1.165) is 42.4 Å². The van der Waals surface area contributed by atoms with Gasteiger partial charge in [0.15, 0.2) is 5.13 Å². The van der Waals surface area contributed by atoms with Crippen LogP contribution in [0.5, 0.6) is 0 Å². The Hall–Kier alpha value is -1.93. The highest BCUT2D eigenvalue weighted by molar-refractivity contribution is 7.15. The van der Waals surface area contributed by atoms with Crippen molar-refractivity contribution in [3.8, 4) is 0 Å². The van der Waals surface area contributed by atoms with Crippen molar-refractivity contribution in [1.82, 2.24) is 9.88 Å². The molecule has 0 unspecified atom stereocenters. The number of benzene rings is 1. The zero-order valence-corrected chi connectivity index (χ0v) is 14.8. The van der Waals surface area contributed by atoms with Gasteiger partial charge in [0.25, 0.3) is 0 Å². The molecule has 1 aliphatic heterocycles. The fourth-order valence-electron chi connectivity index (χ4n) is 3.09. The van der Waals surface area contributed by atoms with Gasteiger partial charge in [0.2, 0.25) is 5.91 Å².